The van der Waals surface area contributed by atoms with Gasteiger partial charge in [-0.3, -0.25) is 0 Å². The summed E-state index contributed by atoms with van der Waals surface area (Å²) in [5.74, 6) is 2.04. The smallest absolute Gasteiger partial charge is 0.257 e. The number of ether oxygens (including phenoxy) is 1. The van der Waals surface area contributed by atoms with Gasteiger partial charge in [-0.15, -0.1) is 0 Å². The molecule has 4 nitrogen and oxygen atoms in total. The second-order valence-electron chi connectivity index (χ2n) is 6.61. The molecule has 0 radical (unpaired) electrons. The van der Waals surface area contributed by atoms with Crippen LogP contribution in [0.4, 0.5) is 0 Å². The molecule has 0 bridgehead atoms. The van der Waals surface area contributed by atoms with Crippen molar-refractivity contribution in [2.24, 2.45) is 7.05 Å². The van der Waals surface area contributed by atoms with Crippen LogP contribution in [0.15, 0.2) is 48.5 Å². The second kappa shape index (κ2) is 7.70. The van der Waals surface area contributed by atoms with Crippen molar-refractivity contribution in [3.63, 3.8) is 0 Å². The molecular weight excluding hydrogens is 312 g/mol. The van der Waals surface area contributed by atoms with Crippen molar-refractivity contribution in [2.45, 2.75) is 39.3 Å². The third-order valence-electron chi connectivity index (χ3n) is 4.53. The van der Waals surface area contributed by atoms with E-state index in [4.69, 9.17) is 4.74 Å². The lowest BCUT2D eigenvalue weighted by Gasteiger charge is -2.12. The number of imidazole rings is 1. The topological polar surface area (TPSA) is 38.3 Å². The summed E-state index contributed by atoms with van der Waals surface area (Å²) in [6, 6.07) is 16.3. The van der Waals surface area contributed by atoms with Gasteiger partial charge in [0.25, 0.3) is 5.82 Å². The Morgan fingerprint density at radius 2 is 1.96 bits per heavy atom. The normalized spacial score (nSPS) is 12.5. The molecule has 0 unspecified atom stereocenters. The van der Waals surface area contributed by atoms with Crippen LogP contribution in [0.3, 0.4) is 0 Å². The van der Waals surface area contributed by atoms with Gasteiger partial charge in [-0.05, 0) is 43.2 Å². The van der Waals surface area contributed by atoms with Gasteiger partial charge < -0.3 is 9.84 Å². The van der Waals surface area contributed by atoms with E-state index in [0.29, 0.717) is 6.54 Å². The van der Waals surface area contributed by atoms with Gasteiger partial charge in [0.2, 0.25) is 0 Å². The van der Waals surface area contributed by atoms with Gasteiger partial charge in [0.05, 0.1) is 7.05 Å². The van der Waals surface area contributed by atoms with Crippen molar-refractivity contribution in [2.75, 3.05) is 6.61 Å². The molecule has 0 saturated carbocycles. The van der Waals surface area contributed by atoms with Gasteiger partial charge in [-0.2, -0.15) is 0 Å². The minimum absolute atomic E-state index is 0.283. The molecule has 0 fully saturated rings. The first-order chi connectivity index (χ1) is 12.1. The maximum atomic E-state index is 10.5. The Morgan fingerprint density at radius 1 is 1.16 bits per heavy atom. The standard InChI is InChI=1S/C21H27N2O2/c1-4-8-21-22(3)19-11-5-6-12-20(19)23(21)14-17(24)15-25-18-10-7-9-16(2)13-18/h5-7,9-13,17,24H,4,8,14-15H2,1-3H3/q+1/t17-/m1/s1. The summed E-state index contributed by atoms with van der Waals surface area (Å²) in [7, 11) is 2.10. The lowest BCUT2D eigenvalue weighted by Crippen LogP contribution is -2.34. The molecule has 3 rings (SSSR count). The number of rotatable bonds is 7. The maximum absolute atomic E-state index is 10.5. The lowest BCUT2D eigenvalue weighted by atomic mass is 10.2. The fraction of sp³-hybridized carbons (Fsp3) is 0.381. The van der Waals surface area contributed by atoms with Gasteiger partial charge in [0, 0.05) is 6.42 Å². The lowest BCUT2D eigenvalue weighted by molar-refractivity contribution is -0.654. The van der Waals surface area contributed by atoms with Crippen LogP contribution in [0.5, 0.6) is 5.75 Å². The van der Waals surface area contributed by atoms with E-state index in [0.717, 1.165) is 29.7 Å². The largest absolute Gasteiger partial charge is 0.491 e. The van der Waals surface area contributed by atoms with Crippen molar-refractivity contribution < 1.29 is 14.4 Å². The molecule has 1 N–H and O–H groups in total. The van der Waals surface area contributed by atoms with Crippen molar-refractivity contribution in [3.05, 3.63) is 59.9 Å². The number of hydrogen-bond acceptors (Lipinski definition) is 2. The first-order valence-corrected chi connectivity index (χ1v) is 8.93. The van der Waals surface area contributed by atoms with Gasteiger partial charge >= 0.3 is 0 Å². The average Bonchev–Trinajstić information content (AvgIpc) is 2.87. The number of fused-ring (bicyclic) bond motifs is 1. The molecule has 132 valence electrons. The predicted octanol–water partition coefficient (Wildman–Crippen LogP) is 3.17. The minimum Gasteiger partial charge on any atom is -0.491 e. The van der Waals surface area contributed by atoms with Crippen LogP contribution in [0, 0.1) is 6.92 Å². The van der Waals surface area contributed by atoms with Crippen LogP contribution in [0.2, 0.25) is 0 Å². The Kier molecular flexibility index (Phi) is 5.39. The number of nitrogens with zero attached hydrogens (tertiary/aromatic N) is 2. The van der Waals surface area contributed by atoms with Gasteiger partial charge in [-0.1, -0.05) is 31.2 Å². The summed E-state index contributed by atoms with van der Waals surface area (Å²) in [5, 5.41) is 10.5. The molecule has 0 amide bonds. The Bertz CT molecular complexity index is 854. The zero-order valence-electron chi connectivity index (χ0n) is 15.3. The van der Waals surface area contributed by atoms with E-state index in [1.165, 1.54) is 11.3 Å². The molecule has 0 aliphatic rings. The second-order valence-corrected chi connectivity index (χ2v) is 6.61. The van der Waals surface area contributed by atoms with Crippen molar-refractivity contribution in [1.82, 2.24) is 4.57 Å². The highest BCUT2D eigenvalue weighted by Crippen LogP contribution is 2.17. The Balaban J connectivity index is 1.78. The number of para-hydroxylation sites is 2. The highest BCUT2D eigenvalue weighted by Gasteiger charge is 2.23. The summed E-state index contributed by atoms with van der Waals surface area (Å²) in [5.41, 5.74) is 3.50. The van der Waals surface area contributed by atoms with E-state index >= 15 is 0 Å². The summed E-state index contributed by atoms with van der Waals surface area (Å²) in [6.07, 6.45) is 1.49. The Morgan fingerprint density at radius 3 is 2.72 bits per heavy atom. The molecule has 0 saturated heterocycles. The molecule has 0 spiro atoms. The fourth-order valence-electron chi connectivity index (χ4n) is 3.33. The molecule has 3 aromatic rings. The van der Waals surface area contributed by atoms with Crippen LogP contribution in [0.1, 0.15) is 24.7 Å². The highest BCUT2D eigenvalue weighted by atomic mass is 16.5. The number of aliphatic hydroxyl groups is 1. The molecule has 0 aliphatic carbocycles. The minimum atomic E-state index is -0.563. The molecule has 4 heteroatoms. The molecular formula is C21H27N2O2+. The summed E-state index contributed by atoms with van der Waals surface area (Å²) >= 11 is 0. The summed E-state index contributed by atoms with van der Waals surface area (Å²) < 4.78 is 10.2. The first kappa shape index (κ1) is 17.5. The van der Waals surface area contributed by atoms with Crippen LogP contribution < -0.4 is 9.30 Å². The number of aliphatic hydroxyl groups excluding tert-OH is 1. The Labute approximate surface area is 149 Å². The average molecular weight is 339 g/mol. The van der Waals surface area contributed by atoms with Crippen LogP contribution >= 0.6 is 0 Å². The monoisotopic (exact) mass is 339 g/mol. The van der Waals surface area contributed by atoms with E-state index in [9.17, 15) is 5.11 Å². The molecule has 1 atom stereocenters. The van der Waals surface area contributed by atoms with E-state index in [1.54, 1.807) is 0 Å². The van der Waals surface area contributed by atoms with E-state index in [1.807, 2.05) is 37.3 Å². The number of hydrogen-bond donors (Lipinski definition) is 1. The molecule has 25 heavy (non-hydrogen) atoms. The maximum Gasteiger partial charge on any atom is 0.257 e. The SMILES string of the molecule is CCCc1n(C[C@@H](O)COc2cccc(C)c2)c2ccccc2[n+]1C. The van der Waals surface area contributed by atoms with Gasteiger partial charge in [0.15, 0.2) is 11.0 Å². The number of aryl methyl sites for hydroxylation is 2. The molecule has 1 aromatic heterocycles. The zero-order chi connectivity index (χ0) is 17.8. The predicted molar refractivity (Wildman–Crippen MR) is 99.8 cm³/mol. The van der Waals surface area contributed by atoms with Crippen molar-refractivity contribution in [3.8, 4) is 5.75 Å². The third kappa shape index (κ3) is 3.85. The van der Waals surface area contributed by atoms with Crippen LogP contribution in [-0.4, -0.2) is 22.4 Å². The molecule has 0 aliphatic heterocycles. The number of benzene rings is 2. The van der Waals surface area contributed by atoms with Crippen molar-refractivity contribution >= 4 is 11.0 Å². The molecule has 1 heterocycles. The summed E-state index contributed by atoms with van der Waals surface area (Å²) in [4.78, 5) is 0. The highest BCUT2D eigenvalue weighted by molar-refractivity contribution is 5.72. The quantitative estimate of drug-likeness (QED) is 0.672. The van der Waals surface area contributed by atoms with Crippen LogP contribution in [0.25, 0.3) is 11.0 Å². The third-order valence-corrected chi connectivity index (χ3v) is 4.53. The first-order valence-electron chi connectivity index (χ1n) is 8.93. The summed E-state index contributed by atoms with van der Waals surface area (Å²) in [6.45, 7) is 5.03. The van der Waals surface area contributed by atoms with E-state index in [2.05, 4.69) is 41.3 Å². The fourth-order valence-corrected chi connectivity index (χ4v) is 3.33. The van der Waals surface area contributed by atoms with E-state index < -0.39 is 6.10 Å². The zero-order valence-corrected chi connectivity index (χ0v) is 15.3. The number of aromatic nitrogens is 2. The molecule has 2 aromatic carbocycles. The van der Waals surface area contributed by atoms with Crippen LogP contribution in [-0.2, 0) is 20.0 Å². The Hall–Kier alpha value is -2.33. The van der Waals surface area contributed by atoms with Gasteiger partial charge in [0.1, 0.15) is 25.0 Å². The van der Waals surface area contributed by atoms with Crippen molar-refractivity contribution in [1.29, 1.82) is 0 Å². The van der Waals surface area contributed by atoms with E-state index in [-0.39, 0.29) is 6.61 Å². The van der Waals surface area contributed by atoms with Gasteiger partial charge in [-0.25, -0.2) is 9.13 Å².